The molecule has 1 aliphatic heterocycles. The average Bonchev–Trinajstić information content (AvgIpc) is 3.04. The predicted octanol–water partition coefficient (Wildman–Crippen LogP) is 2.30. The molecule has 5 nitrogen and oxygen atoms in total. The van der Waals surface area contributed by atoms with Gasteiger partial charge in [0.1, 0.15) is 0 Å². The van der Waals surface area contributed by atoms with Crippen molar-refractivity contribution in [3.05, 3.63) is 34.7 Å². The van der Waals surface area contributed by atoms with E-state index in [2.05, 4.69) is 22.2 Å². The molecule has 1 amide bonds. The Kier molecular flexibility index (Phi) is 3.84. The van der Waals surface area contributed by atoms with Crippen molar-refractivity contribution in [1.29, 1.82) is 0 Å². The molecule has 0 unspecified atom stereocenters. The van der Waals surface area contributed by atoms with Crippen LogP contribution in [-0.2, 0) is 24.2 Å². The van der Waals surface area contributed by atoms with Crippen molar-refractivity contribution < 1.29 is 9.21 Å². The van der Waals surface area contributed by atoms with Gasteiger partial charge in [-0.3, -0.25) is 4.79 Å². The van der Waals surface area contributed by atoms with E-state index in [-0.39, 0.29) is 5.91 Å². The number of fused-ring (bicyclic) bond motifs is 1. The third kappa shape index (κ3) is 3.08. The highest BCUT2D eigenvalue weighted by Gasteiger charge is 2.19. The van der Waals surface area contributed by atoms with Crippen molar-refractivity contribution in [2.24, 2.45) is 0 Å². The molecule has 106 valence electrons. The van der Waals surface area contributed by atoms with E-state index >= 15 is 0 Å². The minimum Gasteiger partial charge on any atom is -0.472 e. The highest BCUT2D eigenvalue weighted by Crippen LogP contribution is 2.27. The summed E-state index contributed by atoms with van der Waals surface area (Å²) < 4.78 is 4.98. The SMILES string of the molecule is CN1CCc2nc(NC(=O)CCc3ccoc3)sc2C1. The van der Waals surface area contributed by atoms with E-state index in [1.54, 1.807) is 23.9 Å². The minimum atomic E-state index is 0.00523. The molecule has 3 rings (SSSR count). The number of anilines is 1. The Morgan fingerprint density at radius 3 is 3.30 bits per heavy atom. The summed E-state index contributed by atoms with van der Waals surface area (Å²) in [7, 11) is 2.10. The lowest BCUT2D eigenvalue weighted by Crippen LogP contribution is -2.25. The second kappa shape index (κ2) is 5.76. The smallest absolute Gasteiger partial charge is 0.226 e. The Morgan fingerprint density at radius 2 is 2.50 bits per heavy atom. The standard InChI is InChI=1S/C14H17N3O2S/c1-17-6-4-11-12(8-17)20-14(15-11)16-13(18)3-2-10-5-7-19-9-10/h5,7,9H,2-4,6,8H2,1H3,(H,15,16,18). The Hall–Kier alpha value is -1.66. The maximum Gasteiger partial charge on any atom is 0.226 e. The molecule has 0 saturated heterocycles. The zero-order valence-electron chi connectivity index (χ0n) is 11.4. The number of nitrogens with one attached hydrogen (secondary N) is 1. The number of hydrogen-bond donors (Lipinski definition) is 1. The molecule has 0 aromatic carbocycles. The number of carbonyl (C=O) groups is 1. The van der Waals surface area contributed by atoms with Crippen LogP contribution in [0.5, 0.6) is 0 Å². The molecule has 0 atom stereocenters. The fourth-order valence-electron chi connectivity index (χ4n) is 2.25. The first-order chi connectivity index (χ1) is 9.70. The number of rotatable bonds is 4. The largest absolute Gasteiger partial charge is 0.472 e. The zero-order valence-corrected chi connectivity index (χ0v) is 12.2. The Bertz CT molecular complexity index is 592. The summed E-state index contributed by atoms with van der Waals surface area (Å²) in [5, 5.41) is 3.62. The third-order valence-corrected chi connectivity index (χ3v) is 4.39. The van der Waals surface area contributed by atoms with Crippen LogP contribution < -0.4 is 5.32 Å². The highest BCUT2D eigenvalue weighted by atomic mass is 32.1. The molecule has 6 heteroatoms. The first-order valence-corrected chi connectivity index (χ1v) is 7.50. The summed E-state index contributed by atoms with van der Waals surface area (Å²) >= 11 is 1.59. The van der Waals surface area contributed by atoms with Gasteiger partial charge < -0.3 is 14.6 Å². The molecule has 0 saturated carbocycles. The Morgan fingerprint density at radius 1 is 1.60 bits per heavy atom. The number of hydrogen-bond acceptors (Lipinski definition) is 5. The van der Waals surface area contributed by atoms with Gasteiger partial charge in [0.25, 0.3) is 0 Å². The van der Waals surface area contributed by atoms with Crippen molar-refractivity contribution >= 4 is 22.4 Å². The van der Waals surface area contributed by atoms with Crippen LogP contribution in [-0.4, -0.2) is 29.4 Å². The highest BCUT2D eigenvalue weighted by molar-refractivity contribution is 7.15. The van der Waals surface area contributed by atoms with Crippen LogP contribution in [0.25, 0.3) is 0 Å². The molecule has 1 aliphatic rings. The first kappa shape index (κ1) is 13.3. The van der Waals surface area contributed by atoms with Gasteiger partial charge in [0, 0.05) is 30.8 Å². The summed E-state index contributed by atoms with van der Waals surface area (Å²) in [5.74, 6) is 0.00523. The average molecular weight is 291 g/mol. The lowest BCUT2D eigenvalue weighted by Gasteiger charge is -2.20. The molecule has 3 heterocycles. The minimum absolute atomic E-state index is 0.00523. The van der Waals surface area contributed by atoms with E-state index in [0.29, 0.717) is 12.8 Å². The van der Waals surface area contributed by atoms with Crippen molar-refractivity contribution in [3.63, 3.8) is 0 Å². The van der Waals surface area contributed by atoms with Crippen LogP contribution in [0.4, 0.5) is 5.13 Å². The fraction of sp³-hybridized carbons (Fsp3) is 0.429. The number of aromatic nitrogens is 1. The van der Waals surface area contributed by atoms with Gasteiger partial charge in [0.15, 0.2) is 5.13 Å². The number of carbonyl (C=O) groups excluding carboxylic acids is 1. The van der Waals surface area contributed by atoms with Gasteiger partial charge in [-0.05, 0) is 25.1 Å². The number of amides is 1. The van der Waals surface area contributed by atoms with Gasteiger partial charge in [-0.15, -0.1) is 11.3 Å². The Labute approximate surface area is 121 Å². The van der Waals surface area contributed by atoms with Crippen molar-refractivity contribution in [3.8, 4) is 0 Å². The summed E-state index contributed by atoms with van der Waals surface area (Å²) in [5.41, 5.74) is 2.18. The number of likely N-dealkylation sites (N-methyl/N-ethyl adjacent to an activating group) is 1. The first-order valence-electron chi connectivity index (χ1n) is 6.69. The lowest BCUT2D eigenvalue weighted by atomic mass is 10.2. The van der Waals surface area contributed by atoms with Gasteiger partial charge in [-0.1, -0.05) is 0 Å². The van der Waals surface area contributed by atoms with Crippen LogP contribution in [0.1, 0.15) is 22.6 Å². The van der Waals surface area contributed by atoms with Crippen molar-refractivity contribution in [2.75, 3.05) is 18.9 Å². The number of thiazole rings is 1. The molecule has 1 N–H and O–H groups in total. The molecule has 0 bridgehead atoms. The predicted molar refractivity (Wildman–Crippen MR) is 77.8 cm³/mol. The molecule has 2 aromatic rings. The molecule has 0 radical (unpaired) electrons. The quantitative estimate of drug-likeness (QED) is 0.939. The van der Waals surface area contributed by atoms with Gasteiger partial charge in [-0.2, -0.15) is 0 Å². The van der Waals surface area contributed by atoms with E-state index in [0.717, 1.165) is 35.9 Å². The van der Waals surface area contributed by atoms with Crippen LogP contribution in [0.15, 0.2) is 23.0 Å². The normalized spacial score (nSPS) is 15.1. The molecule has 0 fully saturated rings. The molecule has 0 aliphatic carbocycles. The van der Waals surface area contributed by atoms with Gasteiger partial charge in [-0.25, -0.2) is 4.98 Å². The van der Waals surface area contributed by atoms with E-state index in [4.69, 9.17) is 4.42 Å². The van der Waals surface area contributed by atoms with Gasteiger partial charge in [0.05, 0.1) is 18.2 Å². The van der Waals surface area contributed by atoms with Crippen LogP contribution >= 0.6 is 11.3 Å². The second-order valence-electron chi connectivity index (χ2n) is 5.06. The topological polar surface area (TPSA) is 58.4 Å². The third-order valence-electron chi connectivity index (χ3n) is 3.39. The molecule has 0 spiro atoms. The summed E-state index contributed by atoms with van der Waals surface area (Å²) in [6, 6.07) is 1.88. The number of aryl methyl sites for hydroxylation is 1. The Balaban J connectivity index is 1.56. The van der Waals surface area contributed by atoms with E-state index in [1.165, 1.54) is 4.88 Å². The maximum absolute atomic E-state index is 11.9. The summed E-state index contributed by atoms with van der Waals surface area (Å²) in [4.78, 5) is 19.9. The fourth-order valence-corrected chi connectivity index (χ4v) is 3.36. The molecular formula is C14H17N3O2S. The summed E-state index contributed by atoms with van der Waals surface area (Å²) in [6.07, 6.45) is 5.40. The summed E-state index contributed by atoms with van der Waals surface area (Å²) in [6.45, 7) is 1.96. The number of nitrogens with zero attached hydrogens (tertiary/aromatic N) is 2. The van der Waals surface area contributed by atoms with Gasteiger partial charge in [0.2, 0.25) is 5.91 Å². The molecule has 2 aromatic heterocycles. The maximum atomic E-state index is 11.9. The van der Waals surface area contributed by atoms with E-state index in [9.17, 15) is 4.79 Å². The monoisotopic (exact) mass is 291 g/mol. The van der Waals surface area contributed by atoms with Crippen LogP contribution in [0.2, 0.25) is 0 Å². The van der Waals surface area contributed by atoms with Crippen molar-refractivity contribution in [1.82, 2.24) is 9.88 Å². The zero-order chi connectivity index (χ0) is 13.9. The van der Waals surface area contributed by atoms with Crippen LogP contribution in [0.3, 0.4) is 0 Å². The molecular weight excluding hydrogens is 274 g/mol. The van der Waals surface area contributed by atoms with Crippen LogP contribution in [0, 0.1) is 0 Å². The van der Waals surface area contributed by atoms with Gasteiger partial charge >= 0.3 is 0 Å². The molecule has 20 heavy (non-hydrogen) atoms. The number of furan rings is 1. The van der Waals surface area contributed by atoms with Crippen molar-refractivity contribution in [2.45, 2.75) is 25.8 Å². The van der Waals surface area contributed by atoms with E-state index < -0.39 is 0 Å². The second-order valence-corrected chi connectivity index (χ2v) is 6.14. The lowest BCUT2D eigenvalue weighted by molar-refractivity contribution is -0.116. The van der Waals surface area contributed by atoms with E-state index in [1.807, 2.05) is 6.07 Å².